The van der Waals surface area contributed by atoms with Crippen LogP contribution in [0, 0.1) is 0 Å². The van der Waals surface area contributed by atoms with Gasteiger partial charge in [0.15, 0.2) is 0 Å². The van der Waals surface area contributed by atoms with Crippen LogP contribution >= 0.6 is 0 Å². The highest BCUT2D eigenvalue weighted by atomic mass is 14.6. The highest BCUT2D eigenvalue weighted by molar-refractivity contribution is 5.35. The van der Waals surface area contributed by atoms with Gasteiger partial charge in [0.25, 0.3) is 0 Å². The van der Waals surface area contributed by atoms with Gasteiger partial charge >= 0.3 is 0 Å². The van der Waals surface area contributed by atoms with Crippen molar-refractivity contribution >= 4 is 0 Å². The van der Waals surface area contributed by atoms with Gasteiger partial charge in [0.1, 0.15) is 0 Å². The summed E-state index contributed by atoms with van der Waals surface area (Å²) in [5, 5.41) is 0. The number of benzene rings is 1. The highest BCUT2D eigenvalue weighted by Crippen LogP contribution is 2.23. The maximum atomic E-state index is 6.31. The Kier molecular flexibility index (Phi) is 7.29. The molecular formula is C20H33N. The van der Waals surface area contributed by atoms with Crippen molar-refractivity contribution in [3.05, 3.63) is 34.9 Å². The molecule has 118 valence electrons. The number of unbranched alkanes of at least 4 members (excludes halogenated alkanes) is 6. The van der Waals surface area contributed by atoms with Crippen LogP contribution in [0.25, 0.3) is 0 Å². The van der Waals surface area contributed by atoms with Gasteiger partial charge in [-0.1, -0.05) is 70.1 Å². The topological polar surface area (TPSA) is 26.0 Å². The maximum absolute atomic E-state index is 6.31. The normalized spacial score (nSPS) is 15.1. The Morgan fingerprint density at radius 1 is 0.952 bits per heavy atom. The Morgan fingerprint density at radius 3 is 2.48 bits per heavy atom. The average Bonchev–Trinajstić information content (AvgIpc) is 2.94. The lowest BCUT2D eigenvalue weighted by molar-refractivity contribution is 0.528. The molecule has 1 unspecified atom stereocenters. The van der Waals surface area contributed by atoms with E-state index < -0.39 is 0 Å². The van der Waals surface area contributed by atoms with Crippen LogP contribution in [0.1, 0.15) is 81.4 Å². The second-order valence-corrected chi connectivity index (χ2v) is 6.83. The number of aryl methyl sites for hydroxylation is 2. The lowest BCUT2D eigenvalue weighted by atomic mass is 9.98. The minimum Gasteiger partial charge on any atom is -0.327 e. The van der Waals surface area contributed by atoms with Crippen LogP contribution < -0.4 is 5.73 Å². The molecular weight excluding hydrogens is 254 g/mol. The van der Waals surface area contributed by atoms with Gasteiger partial charge in [0.2, 0.25) is 0 Å². The van der Waals surface area contributed by atoms with E-state index in [2.05, 4.69) is 25.1 Å². The molecule has 0 saturated heterocycles. The van der Waals surface area contributed by atoms with Gasteiger partial charge in [-0.05, 0) is 48.8 Å². The molecule has 0 heterocycles. The van der Waals surface area contributed by atoms with Crippen LogP contribution in [0.15, 0.2) is 18.2 Å². The van der Waals surface area contributed by atoms with Gasteiger partial charge in [-0.25, -0.2) is 0 Å². The lowest BCUT2D eigenvalue weighted by Gasteiger charge is -2.12. The van der Waals surface area contributed by atoms with Crippen molar-refractivity contribution < 1.29 is 0 Å². The Balaban J connectivity index is 1.60. The van der Waals surface area contributed by atoms with Gasteiger partial charge in [-0.3, -0.25) is 0 Å². The largest absolute Gasteiger partial charge is 0.327 e. The third-order valence-corrected chi connectivity index (χ3v) is 4.84. The molecule has 1 heteroatoms. The third kappa shape index (κ3) is 5.82. The van der Waals surface area contributed by atoms with Crippen LogP contribution in [-0.4, -0.2) is 6.04 Å². The molecule has 0 bridgehead atoms. The molecule has 0 radical (unpaired) electrons. The molecule has 0 fully saturated rings. The van der Waals surface area contributed by atoms with E-state index in [0.717, 1.165) is 6.42 Å². The Bertz CT molecular complexity index is 410. The van der Waals surface area contributed by atoms with Crippen molar-refractivity contribution in [2.45, 2.75) is 90.0 Å². The number of hydrogen-bond donors (Lipinski definition) is 1. The summed E-state index contributed by atoms with van der Waals surface area (Å²) >= 11 is 0. The summed E-state index contributed by atoms with van der Waals surface area (Å²) in [6.07, 6.45) is 15.8. The molecule has 0 amide bonds. The first-order chi connectivity index (χ1) is 10.3. The molecule has 0 spiro atoms. The summed E-state index contributed by atoms with van der Waals surface area (Å²) in [5.74, 6) is 0. The van der Waals surface area contributed by atoms with Gasteiger partial charge in [-0.2, -0.15) is 0 Å². The summed E-state index contributed by atoms with van der Waals surface area (Å²) in [5.41, 5.74) is 10.9. The Hall–Kier alpha value is -0.820. The van der Waals surface area contributed by atoms with E-state index in [1.807, 2.05) is 0 Å². The minimum atomic E-state index is 0.347. The molecule has 1 nitrogen and oxygen atoms in total. The molecule has 0 aliphatic heterocycles. The van der Waals surface area contributed by atoms with Crippen molar-refractivity contribution in [3.63, 3.8) is 0 Å². The molecule has 0 aromatic heterocycles. The van der Waals surface area contributed by atoms with Crippen molar-refractivity contribution in [1.82, 2.24) is 0 Å². The Labute approximate surface area is 131 Å². The van der Waals surface area contributed by atoms with E-state index in [1.54, 1.807) is 11.1 Å². The fourth-order valence-corrected chi connectivity index (χ4v) is 3.52. The van der Waals surface area contributed by atoms with E-state index in [4.69, 9.17) is 5.73 Å². The fourth-order valence-electron chi connectivity index (χ4n) is 3.52. The zero-order chi connectivity index (χ0) is 14.9. The van der Waals surface area contributed by atoms with Crippen LogP contribution in [0.4, 0.5) is 0 Å². The predicted octanol–water partition coefficient (Wildman–Crippen LogP) is 5.19. The number of fused-ring (bicyclic) bond motifs is 1. The third-order valence-electron chi connectivity index (χ3n) is 4.84. The van der Waals surface area contributed by atoms with Crippen LogP contribution in [0.3, 0.4) is 0 Å². The first kappa shape index (κ1) is 16.5. The monoisotopic (exact) mass is 287 g/mol. The first-order valence-electron chi connectivity index (χ1n) is 9.16. The van der Waals surface area contributed by atoms with E-state index >= 15 is 0 Å². The van der Waals surface area contributed by atoms with E-state index in [0.29, 0.717) is 6.04 Å². The summed E-state index contributed by atoms with van der Waals surface area (Å²) in [6.45, 7) is 2.28. The lowest BCUT2D eigenvalue weighted by Crippen LogP contribution is -2.22. The summed E-state index contributed by atoms with van der Waals surface area (Å²) in [4.78, 5) is 0. The van der Waals surface area contributed by atoms with Gasteiger partial charge < -0.3 is 5.73 Å². The van der Waals surface area contributed by atoms with Gasteiger partial charge in [0.05, 0.1) is 0 Å². The number of nitrogens with two attached hydrogens (primary N) is 1. The van der Waals surface area contributed by atoms with Crippen molar-refractivity contribution in [2.75, 3.05) is 0 Å². The Morgan fingerprint density at radius 2 is 1.67 bits per heavy atom. The molecule has 1 aliphatic rings. The SMILES string of the molecule is CCCCCCCCCC(N)Cc1ccc2c(c1)CCC2. The average molecular weight is 287 g/mol. The predicted molar refractivity (Wildman–Crippen MR) is 92.8 cm³/mol. The van der Waals surface area contributed by atoms with Crippen molar-refractivity contribution in [1.29, 1.82) is 0 Å². The number of rotatable bonds is 10. The van der Waals surface area contributed by atoms with Crippen molar-refractivity contribution in [3.8, 4) is 0 Å². The summed E-state index contributed by atoms with van der Waals surface area (Å²) < 4.78 is 0. The zero-order valence-electron chi connectivity index (χ0n) is 13.9. The van der Waals surface area contributed by atoms with E-state index in [1.165, 1.54) is 76.2 Å². The molecule has 1 aromatic rings. The fraction of sp³-hybridized carbons (Fsp3) is 0.700. The summed E-state index contributed by atoms with van der Waals surface area (Å²) in [6, 6.07) is 7.39. The van der Waals surface area contributed by atoms with Crippen LogP contribution in [0.5, 0.6) is 0 Å². The first-order valence-corrected chi connectivity index (χ1v) is 9.16. The summed E-state index contributed by atoms with van der Waals surface area (Å²) in [7, 11) is 0. The second-order valence-electron chi connectivity index (χ2n) is 6.83. The van der Waals surface area contributed by atoms with Crippen molar-refractivity contribution in [2.24, 2.45) is 5.73 Å². The highest BCUT2D eigenvalue weighted by Gasteiger charge is 2.12. The second kappa shape index (κ2) is 9.25. The van der Waals surface area contributed by atoms with Crippen LogP contribution in [-0.2, 0) is 19.3 Å². The molecule has 2 rings (SSSR count). The molecule has 0 saturated carbocycles. The zero-order valence-corrected chi connectivity index (χ0v) is 13.9. The van der Waals surface area contributed by atoms with Crippen LogP contribution in [0.2, 0.25) is 0 Å². The molecule has 2 N–H and O–H groups in total. The number of hydrogen-bond acceptors (Lipinski definition) is 1. The standard InChI is InChI=1S/C20H33N/c1-2-3-4-5-6-7-8-12-20(21)16-17-13-14-18-10-9-11-19(18)15-17/h13-15,20H,2-12,16,21H2,1H3. The molecule has 1 atom stereocenters. The quantitative estimate of drug-likeness (QED) is 0.589. The van der Waals surface area contributed by atoms with E-state index in [9.17, 15) is 0 Å². The minimum absolute atomic E-state index is 0.347. The maximum Gasteiger partial charge on any atom is 0.00793 e. The molecule has 1 aliphatic carbocycles. The van der Waals surface area contributed by atoms with E-state index in [-0.39, 0.29) is 0 Å². The molecule has 1 aromatic carbocycles. The smallest absolute Gasteiger partial charge is 0.00793 e. The molecule has 21 heavy (non-hydrogen) atoms. The van der Waals surface area contributed by atoms with Gasteiger partial charge in [0, 0.05) is 6.04 Å². The van der Waals surface area contributed by atoms with Gasteiger partial charge in [-0.15, -0.1) is 0 Å².